The lowest BCUT2D eigenvalue weighted by atomic mass is 10.0. The van der Waals surface area contributed by atoms with E-state index in [0.29, 0.717) is 0 Å². The number of nitrogens with two attached hydrogens (primary N) is 1. The van der Waals surface area contributed by atoms with Crippen molar-refractivity contribution in [3.05, 3.63) is 35.0 Å². The highest BCUT2D eigenvalue weighted by Crippen LogP contribution is 2.26. The third kappa shape index (κ3) is 4.24. The molecular weight excluding hydrogens is 280 g/mol. The van der Waals surface area contributed by atoms with Gasteiger partial charge in [0.2, 0.25) is 0 Å². The van der Waals surface area contributed by atoms with E-state index in [1.165, 1.54) is 29.3 Å². The maximum Gasteiger partial charge on any atom is 0.0498 e. The van der Waals surface area contributed by atoms with Crippen LogP contribution in [0.4, 0.5) is 0 Å². The van der Waals surface area contributed by atoms with Crippen molar-refractivity contribution in [1.82, 2.24) is 4.57 Å². The van der Waals surface area contributed by atoms with Gasteiger partial charge in [-0.3, -0.25) is 0 Å². The standard InChI is InChI=1S/C18H27ClN2/c1-4-16(20)10-14-12-21(9-5-6-13(2)3)18-11-15(19)7-8-17(14)18/h7-8,11-13,16H,4-6,9-10,20H2,1-3H3. The van der Waals surface area contributed by atoms with Gasteiger partial charge < -0.3 is 10.3 Å². The Morgan fingerprint density at radius 2 is 2.05 bits per heavy atom. The Morgan fingerprint density at radius 1 is 1.29 bits per heavy atom. The molecule has 21 heavy (non-hydrogen) atoms. The molecule has 0 saturated carbocycles. The summed E-state index contributed by atoms with van der Waals surface area (Å²) in [6, 6.07) is 6.42. The van der Waals surface area contributed by atoms with Crippen LogP contribution in [0.25, 0.3) is 10.9 Å². The van der Waals surface area contributed by atoms with Crippen molar-refractivity contribution in [2.75, 3.05) is 0 Å². The van der Waals surface area contributed by atoms with Crippen LogP contribution in [0.3, 0.4) is 0 Å². The summed E-state index contributed by atoms with van der Waals surface area (Å²) in [5.41, 5.74) is 8.73. The fraction of sp³-hybridized carbons (Fsp3) is 0.556. The Morgan fingerprint density at radius 3 is 2.71 bits per heavy atom. The Hall–Kier alpha value is -0.990. The van der Waals surface area contributed by atoms with Crippen LogP contribution < -0.4 is 5.73 Å². The zero-order chi connectivity index (χ0) is 15.4. The second-order valence-corrected chi connectivity index (χ2v) is 6.85. The van der Waals surface area contributed by atoms with Crippen molar-refractivity contribution >= 4 is 22.5 Å². The van der Waals surface area contributed by atoms with E-state index in [2.05, 4.69) is 43.7 Å². The molecule has 1 aromatic carbocycles. The van der Waals surface area contributed by atoms with Gasteiger partial charge in [-0.05, 0) is 49.3 Å². The van der Waals surface area contributed by atoms with Crippen LogP contribution in [0.5, 0.6) is 0 Å². The fourth-order valence-electron chi connectivity index (χ4n) is 2.79. The molecule has 1 aromatic heterocycles. The quantitative estimate of drug-likeness (QED) is 0.766. The summed E-state index contributed by atoms with van der Waals surface area (Å²) in [6.45, 7) is 7.74. The number of aryl methyl sites for hydroxylation is 1. The lowest BCUT2D eigenvalue weighted by molar-refractivity contribution is 0.517. The third-order valence-corrected chi connectivity index (χ3v) is 4.35. The molecule has 0 aliphatic heterocycles. The normalized spacial score (nSPS) is 13.2. The molecule has 1 heterocycles. The zero-order valence-electron chi connectivity index (χ0n) is 13.4. The Balaban J connectivity index is 2.28. The molecule has 0 saturated heterocycles. The van der Waals surface area contributed by atoms with Gasteiger partial charge in [-0.1, -0.05) is 38.4 Å². The second kappa shape index (κ2) is 7.33. The van der Waals surface area contributed by atoms with Gasteiger partial charge >= 0.3 is 0 Å². The Kier molecular flexibility index (Phi) is 5.72. The number of benzene rings is 1. The molecule has 0 fully saturated rings. The van der Waals surface area contributed by atoms with Gasteiger partial charge in [0.25, 0.3) is 0 Å². The summed E-state index contributed by atoms with van der Waals surface area (Å²) >= 11 is 6.18. The van der Waals surface area contributed by atoms with Gasteiger partial charge in [0.1, 0.15) is 0 Å². The van der Waals surface area contributed by atoms with Crippen molar-refractivity contribution in [3.8, 4) is 0 Å². The summed E-state index contributed by atoms with van der Waals surface area (Å²) in [5, 5.41) is 2.10. The van der Waals surface area contributed by atoms with Crippen molar-refractivity contribution < 1.29 is 0 Å². The lowest BCUT2D eigenvalue weighted by Crippen LogP contribution is -2.21. The molecule has 3 heteroatoms. The molecule has 0 aliphatic carbocycles. The molecule has 2 N–H and O–H groups in total. The zero-order valence-corrected chi connectivity index (χ0v) is 14.2. The SMILES string of the molecule is CCC(N)Cc1cn(CCCC(C)C)c2cc(Cl)ccc12. The van der Waals surface area contributed by atoms with Gasteiger partial charge in [-0.15, -0.1) is 0 Å². The molecule has 0 aliphatic rings. The second-order valence-electron chi connectivity index (χ2n) is 6.42. The highest BCUT2D eigenvalue weighted by Gasteiger charge is 2.11. The van der Waals surface area contributed by atoms with Gasteiger partial charge in [-0.25, -0.2) is 0 Å². The molecule has 1 atom stereocenters. The van der Waals surface area contributed by atoms with Crippen LogP contribution in [0.2, 0.25) is 5.02 Å². The number of hydrogen-bond donors (Lipinski definition) is 1. The smallest absolute Gasteiger partial charge is 0.0498 e. The van der Waals surface area contributed by atoms with Crippen molar-refractivity contribution in [1.29, 1.82) is 0 Å². The topological polar surface area (TPSA) is 30.9 Å². The molecular formula is C18H27ClN2. The van der Waals surface area contributed by atoms with Crippen LogP contribution >= 0.6 is 11.6 Å². The highest BCUT2D eigenvalue weighted by atomic mass is 35.5. The number of halogens is 1. The molecule has 2 nitrogen and oxygen atoms in total. The average Bonchev–Trinajstić information content (AvgIpc) is 2.76. The van der Waals surface area contributed by atoms with E-state index < -0.39 is 0 Å². The van der Waals surface area contributed by atoms with E-state index in [1.807, 2.05) is 6.07 Å². The minimum absolute atomic E-state index is 0.232. The molecule has 0 bridgehead atoms. The van der Waals surface area contributed by atoms with E-state index in [4.69, 9.17) is 17.3 Å². The average molecular weight is 307 g/mol. The van der Waals surface area contributed by atoms with E-state index in [0.717, 1.165) is 30.3 Å². The first-order valence-electron chi connectivity index (χ1n) is 8.04. The van der Waals surface area contributed by atoms with Crippen molar-refractivity contribution in [2.24, 2.45) is 11.7 Å². The van der Waals surface area contributed by atoms with Crippen LogP contribution in [0.15, 0.2) is 24.4 Å². The summed E-state index contributed by atoms with van der Waals surface area (Å²) in [5.74, 6) is 0.753. The lowest BCUT2D eigenvalue weighted by Gasteiger charge is -2.07. The van der Waals surface area contributed by atoms with Crippen LogP contribution in [0.1, 0.15) is 45.6 Å². The maximum atomic E-state index is 6.18. The molecule has 1 unspecified atom stereocenters. The van der Waals surface area contributed by atoms with Crippen molar-refractivity contribution in [2.45, 2.75) is 59.0 Å². The van der Waals surface area contributed by atoms with E-state index in [9.17, 15) is 0 Å². The predicted octanol–water partition coefficient (Wildman–Crippen LogP) is 5.01. The van der Waals surface area contributed by atoms with Crippen LogP contribution in [0, 0.1) is 5.92 Å². The molecule has 0 spiro atoms. The van der Waals surface area contributed by atoms with Gasteiger partial charge in [0.15, 0.2) is 0 Å². The van der Waals surface area contributed by atoms with Crippen molar-refractivity contribution in [3.63, 3.8) is 0 Å². The summed E-state index contributed by atoms with van der Waals surface area (Å²) in [6.07, 6.45) is 6.67. The Labute approximate surface area is 133 Å². The highest BCUT2D eigenvalue weighted by molar-refractivity contribution is 6.31. The minimum Gasteiger partial charge on any atom is -0.347 e. The molecule has 0 amide bonds. The number of fused-ring (bicyclic) bond motifs is 1. The number of aromatic nitrogens is 1. The van der Waals surface area contributed by atoms with Gasteiger partial charge in [0.05, 0.1) is 0 Å². The largest absolute Gasteiger partial charge is 0.347 e. The molecule has 0 radical (unpaired) electrons. The number of rotatable bonds is 7. The van der Waals surface area contributed by atoms with E-state index in [1.54, 1.807) is 0 Å². The first-order valence-corrected chi connectivity index (χ1v) is 8.42. The fourth-order valence-corrected chi connectivity index (χ4v) is 2.95. The van der Waals surface area contributed by atoms with Gasteiger partial charge in [0, 0.05) is 34.7 Å². The third-order valence-electron chi connectivity index (χ3n) is 4.11. The van der Waals surface area contributed by atoms with Crippen LogP contribution in [-0.4, -0.2) is 10.6 Å². The van der Waals surface area contributed by atoms with Gasteiger partial charge in [-0.2, -0.15) is 0 Å². The first kappa shape index (κ1) is 16.4. The number of hydrogen-bond acceptors (Lipinski definition) is 1. The molecule has 2 rings (SSSR count). The number of nitrogens with zero attached hydrogens (tertiary/aromatic N) is 1. The first-order chi connectivity index (χ1) is 10.0. The predicted molar refractivity (Wildman–Crippen MR) is 93.0 cm³/mol. The Bertz CT molecular complexity index is 586. The summed E-state index contributed by atoms with van der Waals surface area (Å²) in [7, 11) is 0. The molecule has 116 valence electrons. The van der Waals surface area contributed by atoms with E-state index in [-0.39, 0.29) is 6.04 Å². The minimum atomic E-state index is 0.232. The summed E-state index contributed by atoms with van der Waals surface area (Å²) in [4.78, 5) is 0. The monoisotopic (exact) mass is 306 g/mol. The molecule has 2 aromatic rings. The van der Waals surface area contributed by atoms with E-state index >= 15 is 0 Å². The van der Waals surface area contributed by atoms with Crippen LogP contribution in [-0.2, 0) is 13.0 Å². The summed E-state index contributed by atoms with van der Waals surface area (Å²) < 4.78 is 2.35. The maximum absolute atomic E-state index is 6.18.